The van der Waals surface area contributed by atoms with Gasteiger partial charge in [-0.1, -0.05) is 0 Å². The molecule has 0 radical (unpaired) electrons. The molecule has 1 saturated carbocycles. The second-order valence-electron chi connectivity index (χ2n) is 4.31. The van der Waals surface area contributed by atoms with Crippen LogP contribution in [-0.4, -0.2) is 17.0 Å². The van der Waals surface area contributed by atoms with Gasteiger partial charge in [-0.05, 0) is 37.0 Å². The molecule has 1 amide bonds. The number of carbonyl (C=O) groups is 2. The number of hydrogen-bond donors (Lipinski definition) is 3. The molecular weight excluding hydrogens is 220 g/mol. The molecule has 1 fully saturated rings. The first-order valence-electron chi connectivity index (χ1n) is 5.49. The van der Waals surface area contributed by atoms with Crippen molar-refractivity contribution in [2.45, 2.75) is 19.3 Å². The molecule has 0 atom stereocenters. The van der Waals surface area contributed by atoms with Crippen molar-refractivity contribution in [1.82, 2.24) is 0 Å². The third-order valence-electron chi connectivity index (χ3n) is 2.72. The van der Waals surface area contributed by atoms with Gasteiger partial charge < -0.3 is 16.2 Å². The highest BCUT2D eigenvalue weighted by Crippen LogP contribution is 2.32. The molecule has 1 aliphatic rings. The smallest absolute Gasteiger partial charge is 0.337 e. The average Bonchev–Trinajstić information content (AvgIpc) is 3.04. The molecule has 0 heterocycles. The van der Waals surface area contributed by atoms with Crippen molar-refractivity contribution in [3.05, 3.63) is 23.8 Å². The Kier molecular flexibility index (Phi) is 2.99. The number of carboxylic acid groups (broad SMARTS) is 1. The van der Waals surface area contributed by atoms with E-state index in [1.54, 1.807) is 6.07 Å². The van der Waals surface area contributed by atoms with E-state index in [2.05, 4.69) is 5.32 Å². The van der Waals surface area contributed by atoms with Crippen molar-refractivity contribution in [3.63, 3.8) is 0 Å². The summed E-state index contributed by atoms with van der Waals surface area (Å²) in [5.74, 6) is -0.768. The van der Waals surface area contributed by atoms with Crippen LogP contribution in [0.1, 0.15) is 29.6 Å². The van der Waals surface area contributed by atoms with Gasteiger partial charge in [0.1, 0.15) is 0 Å². The third kappa shape index (κ3) is 2.96. The van der Waals surface area contributed by atoms with Crippen LogP contribution in [0.3, 0.4) is 0 Å². The maximum Gasteiger partial charge on any atom is 0.337 e. The van der Waals surface area contributed by atoms with Gasteiger partial charge in [-0.15, -0.1) is 0 Å². The predicted molar refractivity (Wildman–Crippen MR) is 63.8 cm³/mol. The monoisotopic (exact) mass is 234 g/mol. The Labute approximate surface area is 98.6 Å². The van der Waals surface area contributed by atoms with Crippen LogP contribution >= 0.6 is 0 Å². The molecule has 2 rings (SSSR count). The number of amides is 1. The normalized spacial score (nSPS) is 14.4. The zero-order valence-electron chi connectivity index (χ0n) is 9.27. The minimum absolute atomic E-state index is 0.0224. The lowest BCUT2D eigenvalue weighted by molar-refractivity contribution is -0.116. The molecule has 1 aliphatic carbocycles. The van der Waals surface area contributed by atoms with Gasteiger partial charge in [-0.3, -0.25) is 4.79 Å². The van der Waals surface area contributed by atoms with Gasteiger partial charge in [-0.2, -0.15) is 0 Å². The van der Waals surface area contributed by atoms with Crippen LogP contribution in [0.15, 0.2) is 18.2 Å². The zero-order chi connectivity index (χ0) is 12.4. The first kappa shape index (κ1) is 11.4. The van der Waals surface area contributed by atoms with E-state index in [1.807, 2.05) is 0 Å². The van der Waals surface area contributed by atoms with Crippen LogP contribution in [0.2, 0.25) is 0 Å². The highest BCUT2D eigenvalue weighted by atomic mass is 16.4. The average molecular weight is 234 g/mol. The van der Waals surface area contributed by atoms with Gasteiger partial charge in [0.25, 0.3) is 0 Å². The summed E-state index contributed by atoms with van der Waals surface area (Å²) in [6, 6.07) is 4.43. The second-order valence-corrected chi connectivity index (χ2v) is 4.31. The molecule has 0 unspecified atom stereocenters. The summed E-state index contributed by atoms with van der Waals surface area (Å²) in [6.07, 6.45) is 2.63. The standard InChI is InChI=1S/C12H14N2O3/c13-8-3-4-10(9(6-8)12(16)17)14-11(15)5-7-1-2-7/h3-4,6-7H,1-2,5,13H2,(H,14,15)(H,16,17). The number of aromatic carboxylic acids is 1. The van der Waals surface area contributed by atoms with E-state index in [0.29, 0.717) is 23.7 Å². The third-order valence-corrected chi connectivity index (χ3v) is 2.72. The zero-order valence-corrected chi connectivity index (χ0v) is 9.27. The summed E-state index contributed by atoms with van der Waals surface area (Å²) in [5.41, 5.74) is 6.20. The molecule has 0 aromatic heterocycles. The minimum atomic E-state index is -1.10. The van der Waals surface area contributed by atoms with Crippen molar-refractivity contribution < 1.29 is 14.7 Å². The summed E-state index contributed by atoms with van der Waals surface area (Å²) in [4.78, 5) is 22.6. The molecule has 17 heavy (non-hydrogen) atoms. The first-order valence-corrected chi connectivity index (χ1v) is 5.49. The van der Waals surface area contributed by atoms with E-state index >= 15 is 0 Å². The van der Waals surface area contributed by atoms with Crippen LogP contribution in [0.25, 0.3) is 0 Å². The van der Waals surface area contributed by atoms with E-state index in [9.17, 15) is 9.59 Å². The lowest BCUT2D eigenvalue weighted by Crippen LogP contribution is -2.15. The Balaban J connectivity index is 2.13. The number of carbonyl (C=O) groups excluding carboxylic acids is 1. The molecular formula is C12H14N2O3. The van der Waals surface area contributed by atoms with Gasteiger partial charge in [0.15, 0.2) is 0 Å². The molecule has 1 aromatic rings. The van der Waals surface area contributed by atoms with E-state index in [4.69, 9.17) is 10.8 Å². The summed E-state index contributed by atoms with van der Waals surface area (Å²) < 4.78 is 0. The maximum atomic E-state index is 11.6. The highest BCUT2D eigenvalue weighted by molar-refractivity contribution is 6.01. The Morgan fingerprint density at radius 2 is 2.12 bits per heavy atom. The quantitative estimate of drug-likeness (QED) is 0.691. The molecule has 0 saturated heterocycles. The number of anilines is 2. The van der Waals surface area contributed by atoms with Gasteiger partial charge in [0.05, 0.1) is 11.3 Å². The SMILES string of the molecule is Nc1ccc(NC(=O)CC2CC2)c(C(=O)O)c1. The molecule has 0 bridgehead atoms. The fourth-order valence-electron chi connectivity index (χ4n) is 1.63. The number of hydrogen-bond acceptors (Lipinski definition) is 3. The Bertz CT molecular complexity index is 467. The van der Waals surface area contributed by atoms with E-state index in [1.165, 1.54) is 12.1 Å². The minimum Gasteiger partial charge on any atom is -0.478 e. The van der Waals surface area contributed by atoms with Crippen molar-refractivity contribution >= 4 is 23.3 Å². The van der Waals surface area contributed by atoms with Gasteiger partial charge >= 0.3 is 5.97 Å². The number of nitrogens with one attached hydrogen (secondary N) is 1. The summed E-state index contributed by atoms with van der Waals surface area (Å²) in [6.45, 7) is 0. The van der Waals surface area contributed by atoms with Crippen LogP contribution < -0.4 is 11.1 Å². The molecule has 5 heteroatoms. The van der Waals surface area contributed by atoms with Crippen LogP contribution in [0, 0.1) is 5.92 Å². The summed E-state index contributed by atoms with van der Waals surface area (Å²) >= 11 is 0. The lowest BCUT2D eigenvalue weighted by atomic mass is 10.1. The lowest BCUT2D eigenvalue weighted by Gasteiger charge is -2.08. The Hall–Kier alpha value is -2.04. The van der Waals surface area contributed by atoms with E-state index in [-0.39, 0.29) is 11.5 Å². The highest BCUT2D eigenvalue weighted by Gasteiger charge is 2.24. The van der Waals surface area contributed by atoms with Gasteiger partial charge in [0.2, 0.25) is 5.91 Å². The fraction of sp³-hybridized carbons (Fsp3) is 0.333. The van der Waals surface area contributed by atoms with Crippen molar-refractivity contribution in [2.24, 2.45) is 5.92 Å². The number of benzene rings is 1. The number of nitrogen functional groups attached to an aromatic ring is 1. The van der Waals surface area contributed by atoms with Crippen LogP contribution in [-0.2, 0) is 4.79 Å². The molecule has 90 valence electrons. The number of rotatable bonds is 4. The topological polar surface area (TPSA) is 92.4 Å². The largest absolute Gasteiger partial charge is 0.478 e. The Morgan fingerprint density at radius 1 is 1.41 bits per heavy atom. The summed E-state index contributed by atoms with van der Waals surface area (Å²) in [7, 11) is 0. The molecule has 5 nitrogen and oxygen atoms in total. The van der Waals surface area contributed by atoms with Crippen LogP contribution in [0.5, 0.6) is 0 Å². The van der Waals surface area contributed by atoms with Gasteiger partial charge in [-0.25, -0.2) is 4.79 Å². The maximum absolute atomic E-state index is 11.6. The van der Waals surface area contributed by atoms with E-state index in [0.717, 1.165) is 12.8 Å². The molecule has 4 N–H and O–H groups in total. The Morgan fingerprint density at radius 3 is 2.71 bits per heavy atom. The number of nitrogens with two attached hydrogens (primary N) is 1. The molecule has 1 aromatic carbocycles. The van der Waals surface area contributed by atoms with Gasteiger partial charge in [0, 0.05) is 12.1 Å². The van der Waals surface area contributed by atoms with Crippen molar-refractivity contribution in [3.8, 4) is 0 Å². The van der Waals surface area contributed by atoms with E-state index < -0.39 is 5.97 Å². The second kappa shape index (κ2) is 4.45. The number of carboxylic acids is 1. The van der Waals surface area contributed by atoms with Crippen molar-refractivity contribution in [2.75, 3.05) is 11.1 Å². The summed E-state index contributed by atoms with van der Waals surface area (Å²) in [5, 5.41) is 11.6. The predicted octanol–water partition coefficient (Wildman–Crippen LogP) is 1.71. The fourth-order valence-corrected chi connectivity index (χ4v) is 1.63. The first-order chi connectivity index (χ1) is 8.06. The van der Waals surface area contributed by atoms with Crippen LogP contribution in [0.4, 0.5) is 11.4 Å². The van der Waals surface area contributed by atoms with Crippen molar-refractivity contribution in [1.29, 1.82) is 0 Å². The molecule has 0 spiro atoms. The molecule has 0 aliphatic heterocycles.